The zero-order chi connectivity index (χ0) is 11.5. The Morgan fingerprint density at radius 3 is 2.88 bits per heavy atom. The van der Waals surface area contributed by atoms with Gasteiger partial charge in [-0.2, -0.15) is 0 Å². The molecule has 4 aliphatic rings. The fourth-order valence-corrected chi connectivity index (χ4v) is 3.54. The minimum Gasteiger partial charge on any atom is -0.501 e. The second-order valence-corrected chi connectivity index (χ2v) is 5.10. The number of esters is 2. The first-order valence-corrected chi connectivity index (χ1v) is 5.60. The Labute approximate surface area is 93.6 Å². The van der Waals surface area contributed by atoms with Crippen molar-refractivity contribution >= 4 is 11.9 Å². The van der Waals surface area contributed by atoms with Crippen LogP contribution in [0.15, 0.2) is 11.8 Å². The van der Waals surface area contributed by atoms with E-state index in [0.717, 1.165) is 18.6 Å². The first-order valence-electron chi connectivity index (χ1n) is 5.60. The molecule has 1 saturated heterocycles. The van der Waals surface area contributed by atoms with Crippen LogP contribution in [0.3, 0.4) is 0 Å². The van der Waals surface area contributed by atoms with Gasteiger partial charge < -0.3 is 9.47 Å². The maximum atomic E-state index is 11.7. The number of carbonyl (C=O) groups is 2. The molecule has 4 nitrogen and oxygen atoms in total. The van der Waals surface area contributed by atoms with Crippen molar-refractivity contribution in [1.29, 1.82) is 0 Å². The quantitative estimate of drug-likeness (QED) is 0.495. The molecule has 0 amide bonds. The first kappa shape index (κ1) is 9.87. The second kappa shape index (κ2) is 2.87. The summed E-state index contributed by atoms with van der Waals surface area (Å²) < 4.78 is 10.1. The van der Waals surface area contributed by atoms with E-state index < -0.39 is 0 Å². The largest absolute Gasteiger partial charge is 0.501 e. The van der Waals surface area contributed by atoms with Gasteiger partial charge in [0.05, 0.1) is 24.7 Å². The van der Waals surface area contributed by atoms with E-state index in [1.165, 1.54) is 0 Å². The van der Waals surface area contributed by atoms with Gasteiger partial charge >= 0.3 is 11.9 Å². The highest BCUT2D eigenvalue weighted by Crippen LogP contribution is 2.58. The number of hydrogen-bond donors (Lipinski definition) is 0. The van der Waals surface area contributed by atoms with E-state index in [9.17, 15) is 9.59 Å². The molecule has 4 rings (SSSR count). The van der Waals surface area contributed by atoms with Crippen LogP contribution in [-0.4, -0.2) is 19.0 Å². The lowest BCUT2D eigenvalue weighted by Crippen LogP contribution is -2.48. The molecule has 4 heteroatoms. The summed E-state index contributed by atoms with van der Waals surface area (Å²) in [6.45, 7) is 2.00. The van der Waals surface area contributed by atoms with Gasteiger partial charge in [0, 0.05) is 5.41 Å². The summed E-state index contributed by atoms with van der Waals surface area (Å²) in [6.07, 6.45) is 3.83. The number of cyclic esters (lactones) is 2. The van der Waals surface area contributed by atoms with E-state index in [1.54, 1.807) is 7.11 Å². The van der Waals surface area contributed by atoms with Gasteiger partial charge in [-0.25, -0.2) is 0 Å². The van der Waals surface area contributed by atoms with E-state index in [0.29, 0.717) is 0 Å². The standard InChI is InChI=1S/C12H14O4/c1-12-4-3-6(5-7(12)15-2)8-9(12)11(14)16-10(8)13/h5-6,8-9H,3-4H2,1-2H3/t6-,8+,9-,12+/m1/s1. The molecule has 0 aromatic rings. The van der Waals surface area contributed by atoms with Crippen molar-refractivity contribution in [3.8, 4) is 0 Å². The molecule has 16 heavy (non-hydrogen) atoms. The van der Waals surface area contributed by atoms with Gasteiger partial charge in [-0.15, -0.1) is 0 Å². The molecule has 0 radical (unpaired) electrons. The Hall–Kier alpha value is -1.32. The van der Waals surface area contributed by atoms with Crippen molar-refractivity contribution in [2.75, 3.05) is 7.11 Å². The number of fused-ring (bicyclic) bond motifs is 1. The second-order valence-electron chi connectivity index (χ2n) is 5.10. The van der Waals surface area contributed by atoms with Gasteiger partial charge in [0.2, 0.25) is 0 Å². The molecule has 3 aliphatic carbocycles. The lowest BCUT2D eigenvalue weighted by molar-refractivity contribution is -0.154. The summed E-state index contributed by atoms with van der Waals surface area (Å²) in [4.78, 5) is 23.4. The van der Waals surface area contributed by atoms with Crippen LogP contribution in [-0.2, 0) is 19.1 Å². The highest BCUT2D eigenvalue weighted by molar-refractivity contribution is 5.98. The summed E-state index contributed by atoms with van der Waals surface area (Å²) in [5.41, 5.74) is -0.350. The van der Waals surface area contributed by atoms with Crippen molar-refractivity contribution in [3.63, 3.8) is 0 Å². The number of allylic oxidation sites excluding steroid dienone is 2. The average molecular weight is 222 g/mol. The van der Waals surface area contributed by atoms with Crippen molar-refractivity contribution in [2.45, 2.75) is 19.8 Å². The maximum Gasteiger partial charge on any atom is 0.318 e. The predicted molar refractivity (Wildman–Crippen MR) is 54.0 cm³/mol. The SMILES string of the molecule is COC1=C[C@H]2CC[C@]1(C)[C@H]1C(=O)OC(=O)[C@@H]21. The predicted octanol–water partition coefficient (Wildman–Crippen LogP) is 1.26. The normalized spacial score (nSPS) is 45.1. The highest BCUT2D eigenvalue weighted by Gasteiger charge is 2.63. The van der Waals surface area contributed by atoms with Crippen molar-refractivity contribution in [2.24, 2.45) is 23.2 Å². The van der Waals surface area contributed by atoms with Crippen molar-refractivity contribution in [3.05, 3.63) is 11.8 Å². The third-order valence-electron chi connectivity index (χ3n) is 4.38. The van der Waals surface area contributed by atoms with Crippen molar-refractivity contribution < 1.29 is 19.1 Å². The molecule has 0 aromatic heterocycles. The van der Waals surface area contributed by atoms with Gasteiger partial charge in [0.1, 0.15) is 0 Å². The van der Waals surface area contributed by atoms with E-state index in [1.807, 2.05) is 13.0 Å². The number of methoxy groups -OCH3 is 1. The molecule has 2 fully saturated rings. The third kappa shape index (κ3) is 0.950. The van der Waals surface area contributed by atoms with E-state index in [-0.39, 0.29) is 35.1 Å². The van der Waals surface area contributed by atoms with Crippen LogP contribution in [0.2, 0.25) is 0 Å². The van der Waals surface area contributed by atoms with Crippen LogP contribution in [0, 0.1) is 23.2 Å². The molecule has 2 bridgehead atoms. The van der Waals surface area contributed by atoms with Crippen LogP contribution in [0.25, 0.3) is 0 Å². The Balaban J connectivity index is 2.13. The molecule has 0 unspecified atom stereocenters. The average Bonchev–Trinajstić information content (AvgIpc) is 2.57. The molecule has 4 atom stereocenters. The first-order chi connectivity index (χ1) is 7.58. The molecule has 1 saturated carbocycles. The molecular formula is C12H14O4. The Morgan fingerprint density at radius 1 is 1.44 bits per heavy atom. The highest BCUT2D eigenvalue weighted by atomic mass is 16.6. The fourth-order valence-electron chi connectivity index (χ4n) is 3.54. The minimum atomic E-state index is -0.371. The van der Waals surface area contributed by atoms with Gasteiger partial charge in [0.25, 0.3) is 0 Å². The molecule has 1 aliphatic heterocycles. The molecular weight excluding hydrogens is 208 g/mol. The van der Waals surface area contributed by atoms with Gasteiger partial charge in [-0.3, -0.25) is 9.59 Å². The lowest BCUT2D eigenvalue weighted by atomic mass is 9.54. The summed E-state index contributed by atoms with van der Waals surface area (Å²) in [7, 11) is 1.62. The third-order valence-corrected chi connectivity index (χ3v) is 4.38. The Morgan fingerprint density at radius 2 is 2.19 bits per heavy atom. The van der Waals surface area contributed by atoms with Crippen LogP contribution in [0.5, 0.6) is 0 Å². The van der Waals surface area contributed by atoms with Crippen LogP contribution < -0.4 is 0 Å². The van der Waals surface area contributed by atoms with Crippen LogP contribution >= 0.6 is 0 Å². The number of ether oxygens (including phenoxy) is 2. The Bertz CT molecular complexity index is 411. The van der Waals surface area contributed by atoms with Crippen LogP contribution in [0.1, 0.15) is 19.8 Å². The maximum absolute atomic E-state index is 11.7. The van der Waals surface area contributed by atoms with Gasteiger partial charge in [-0.05, 0) is 24.8 Å². The minimum absolute atomic E-state index is 0.112. The number of hydrogen-bond acceptors (Lipinski definition) is 4. The van der Waals surface area contributed by atoms with E-state index >= 15 is 0 Å². The molecule has 86 valence electrons. The monoisotopic (exact) mass is 222 g/mol. The van der Waals surface area contributed by atoms with Crippen molar-refractivity contribution in [1.82, 2.24) is 0 Å². The van der Waals surface area contributed by atoms with Crippen LogP contribution in [0.4, 0.5) is 0 Å². The Kier molecular flexibility index (Phi) is 1.77. The van der Waals surface area contributed by atoms with E-state index in [2.05, 4.69) is 0 Å². The topological polar surface area (TPSA) is 52.6 Å². The smallest absolute Gasteiger partial charge is 0.318 e. The summed E-state index contributed by atoms with van der Waals surface area (Å²) in [5, 5.41) is 0. The molecule has 0 spiro atoms. The zero-order valence-electron chi connectivity index (χ0n) is 9.36. The number of rotatable bonds is 1. The number of carbonyl (C=O) groups excluding carboxylic acids is 2. The molecule has 0 aromatic carbocycles. The summed E-state index contributed by atoms with van der Waals surface area (Å²) in [6, 6.07) is 0. The molecule has 1 heterocycles. The summed E-state index contributed by atoms with van der Waals surface area (Å²) >= 11 is 0. The summed E-state index contributed by atoms with van der Waals surface area (Å²) in [5.74, 6) is -0.372. The van der Waals surface area contributed by atoms with Gasteiger partial charge in [-0.1, -0.05) is 6.92 Å². The van der Waals surface area contributed by atoms with Gasteiger partial charge in [0.15, 0.2) is 0 Å². The zero-order valence-corrected chi connectivity index (χ0v) is 9.36. The van der Waals surface area contributed by atoms with E-state index in [4.69, 9.17) is 9.47 Å². The molecule has 0 N–H and O–H groups in total. The fraction of sp³-hybridized carbons (Fsp3) is 0.667. The lowest BCUT2D eigenvalue weighted by Gasteiger charge is -2.47.